The van der Waals surface area contributed by atoms with E-state index in [2.05, 4.69) is 26.9 Å². The Balaban J connectivity index is 1.40. The normalized spacial score (nSPS) is 30.7. The summed E-state index contributed by atoms with van der Waals surface area (Å²) in [6.45, 7) is 9.06. The number of hydrogen-bond donors (Lipinski definition) is 0. The lowest BCUT2D eigenvalue weighted by molar-refractivity contribution is 0.0284. The van der Waals surface area contributed by atoms with Gasteiger partial charge in [0.1, 0.15) is 0 Å². The Kier molecular flexibility index (Phi) is 5.13. The van der Waals surface area contributed by atoms with Crippen molar-refractivity contribution in [2.45, 2.75) is 31.8 Å². The molecule has 1 spiro atoms. The molecule has 0 radical (unpaired) electrons. The number of rotatable bonds is 3. The fraction of sp³-hybridized carbons (Fsp3) is 0.737. The molecule has 3 saturated heterocycles. The maximum atomic E-state index is 6.02. The molecular formula is C19H29N3O2. The van der Waals surface area contributed by atoms with E-state index >= 15 is 0 Å². The summed E-state index contributed by atoms with van der Waals surface area (Å²) in [5.41, 5.74) is 1.46. The summed E-state index contributed by atoms with van der Waals surface area (Å²) < 4.78 is 11.6. The van der Waals surface area contributed by atoms with Gasteiger partial charge in [0.2, 0.25) is 0 Å². The average molecular weight is 331 g/mol. The third-order valence-electron chi connectivity index (χ3n) is 5.81. The van der Waals surface area contributed by atoms with Crippen LogP contribution in [0.1, 0.15) is 25.0 Å². The maximum absolute atomic E-state index is 6.02. The lowest BCUT2D eigenvalue weighted by Gasteiger charge is -2.35. The van der Waals surface area contributed by atoms with Crippen molar-refractivity contribution in [3.63, 3.8) is 0 Å². The minimum Gasteiger partial charge on any atom is -0.381 e. The molecule has 1 atom stereocenters. The highest BCUT2D eigenvalue weighted by atomic mass is 16.5. The van der Waals surface area contributed by atoms with Gasteiger partial charge in [-0.25, -0.2) is 0 Å². The van der Waals surface area contributed by atoms with E-state index in [4.69, 9.17) is 9.47 Å². The second-order valence-corrected chi connectivity index (χ2v) is 7.65. The molecule has 0 N–H and O–H groups in total. The van der Waals surface area contributed by atoms with E-state index in [1.54, 1.807) is 0 Å². The molecule has 4 rings (SSSR count). The second-order valence-electron chi connectivity index (χ2n) is 7.65. The van der Waals surface area contributed by atoms with E-state index in [9.17, 15) is 0 Å². The van der Waals surface area contributed by atoms with Crippen LogP contribution in [-0.4, -0.2) is 73.4 Å². The lowest BCUT2D eigenvalue weighted by Crippen LogP contribution is -2.43. The first kappa shape index (κ1) is 16.5. The van der Waals surface area contributed by atoms with Crippen molar-refractivity contribution in [1.82, 2.24) is 14.8 Å². The van der Waals surface area contributed by atoms with Gasteiger partial charge in [-0.15, -0.1) is 0 Å². The van der Waals surface area contributed by atoms with Crippen molar-refractivity contribution < 1.29 is 9.47 Å². The number of likely N-dealkylation sites (tertiary alicyclic amines) is 1. The standard InChI is InChI=1S/C19H29N3O2/c1-2-7-20-17(3-1)13-21-9-12-24-16-19(14-21)6-8-22(15-19)18-4-10-23-11-5-18/h1-3,7,18H,4-6,8-16H2/t19-/m0/s1. The molecule has 5 nitrogen and oxygen atoms in total. The van der Waals surface area contributed by atoms with Crippen molar-refractivity contribution in [2.75, 3.05) is 52.6 Å². The minimum atomic E-state index is 0.295. The number of hydrogen-bond acceptors (Lipinski definition) is 5. The van der Waals surface area contributed by atoms with Crippen LogP contribution < -0.4 is 0 Å². The van der Waals surface area contributed by atoms with Crippen LogP contribution in [0.15, 0.2) is 24.4 Å². The van der Waals surface area contributed by atoms with Crippen molar-refractivity contribution in [3.8, 4) is 0 Å². The number of ether oxygens (including phenoxy) is 2. The summed E-state index contributed by atoms with van der Waals surface area (Å²) in [6.07, 6.45) is 5.52. The molecule has 0 bridgehead atoms. The van der Waals surface area contributed by atoms with Crippen LogP contribution >= 0.6 is 0 Å². The molecule has 132 valence electrons. The van der Waals surface area contributed by atoms with E-state index in [0.717, 1.165) is 51.8 Å². The van der Waals surface area contributed by atoms with E-state index in [1.165, 1.54) is 32.4 Å². The van der Waals surface area contributed by atoms with Crippen LogP contribution in [0.25, 0.3) is 0 Å². The van der Waals surface area contributed by atoms with Crippen LogP contribution in [-0.2, 0) is 16.0 Å². The summed E-state index contributed by atoms with van der Waals surface area (Å²) >= 11 is 0. The van der Waals surface area contributed by atoms with Gasteiger partial charge in [0.15, 0.2) is 0 Å². The lowest BCUT2D eigenvalue weighted by atomic mass is 9.87. The molecule has 0 saturated carbocycles. The van der Waals surface area contributed by atoms with Crippen molar-refractivity contribution in [1.29, 1.82) is 0 Å². The second kappa shape index (κ2) is 7.48. The van der Waals surface area contributed by atoms with Crippen molar-refractivity contribution >= 4 is 0 Å². The SMILES string of the molecule is c1ccc(CN2CCOC[C@@]3(CCN(C4CCOCC4)C3)C2)nc1. The molecule has 3 fully saturated rings. The van der Waals surface area contributed by atoms with E-state index < -0.39 is 0 Å². The van der Waals surface area contributed by atoms with Crippen LogP contribution in [0, 0.1) is 5.41 Å². The van der Waals surface area contributed by atoms with Crippen molar-refractivity contribution in [3.05, 3.63) is 30.1 Å². The number of nitrogens with zero attached hydrogens (tertiary/aromatic N) is 3. The van der Waals surface area contributed by atoms with Gasteiger partial charge in [0, 0.05) is 57.0 Å². The van der Waals surface area contributed by atoms with E-state index in [1.807, 2.05) is 12.3 Å². The zero-order valence-corrected chi connectivity index (χ0v) is 14.5. The molecule has 1 aromatic rings. The molecule has 0 aliphatic carbocycles. The molecule has 4 heterocycles. The Hall–Kier alpha value is -1.01. The molecule has 5 heteroatoms. The van der Waals surface area contributed by atoms with Gasteiger partial charge < -0.3 is 9.47 Å². The first-order valence-corrected chi connectivity index (χ1v) is 9.35. The fourth-order valence-electron chi connectivity index (χ4n) is 4.52. The highest BCUT2D eigenvalue weighted by molar-refractivity contribution is 5.04. The largest absolute Gasteiger partial charge is 0.381 e. The summed E-state index contributed by atoms with van der Waals surface area (Å²) in [4.78, 5) is 9.75. The van der Waals surface area contributed by atoms with Gasteiger partial charge in [-0.1, -0.05) is 6.07 Å². The molecule has 0 unspecified atom stereocenters. The third kappa shape index (κ3) is 3.80. The quantitative estimate of drug-likeness (QED) is 0.844. The fourth-order valence-corrected chi connectivity index (χ4v) is 4.52. The predicted octanol–water partition coefficient (Wildman–Crippen LogP) is 1.78. The molecule has 0 amide bonds. The Bertz CT molecular complexity index is 521. The molecular weight excluding hydrogens is 302 g/mol. The monoisotopic (exact) mass is 331 g/mol. The predicted molar refractivity (Wildman–Crippen MR) is 92.8 cm³/mol. The van der Waals surface area contributed by atoms with Crippen LogP contribution in [0.4, 0.5) is 0 Å². The van der Waals surface area contributed by atoms with Gasteiger partial charge in [-0.05, 0) is 37.9 Å². The van der Waals surface area contributed by atoms with Crippen LogP contribution in [0.2, 0.25) is 0 Å². The summed E-state index contributed by atoms with van der Waals surface area (Å²) in [6, 6.07) is 6.90. The highest BCUT2D eigenvalue weighted by Gasteiger charge is 2.43. The van der Waals surface area contributed by atoms with Crippen LogP contribution in [0.3, 0.4) is 0 Å². The highest BCUT2D eigenvalue weighted by Crippen LogP contribution is 2.36. The minimum absolute atomic E-state index is 0.295. The van der Waals surface area contributed by atoms with Gasteiger partial charge in [0.05, 0.1) is 18.9 Å². The maximum Gasteiger partial charge on any atom is 0.0593 e. The zero-order valence-electron chi connectivity index (χ0n) is 14.5. The molecule has 1 aromatic heterocycles. The number of pyridine rings is 1. The Morgan fingerprint density at radius 1 is 1.08 bits per heavy atom. The van der Waals surface area contributed by atoms with Gasteiger partial charge in [-0.2, -0.15) is 0 Å². The Labute approximate surface area is 144 Å². The summed E-state index contributed by atoms with van der Waals surface area (Å²) in [7, 11) is 0. The Morgan fingerprint density at radius 2 is 2.00 bits per heavy atom. The summed E-state index contributed by atoms with van der Waals surface area (Å²) in [5, 5.41) is 0. The van der Waals surface area contributed by atoms with Gasteiger partial charge >= 0.3 is 0 Å². The first-order chi connectivity index (χ1) is 11.8. The molecule has 3 aliphatic heterocycles. The molecule has 3 aliphatic rings. The van der Waals surface area contributed by atoms with Crippen LogP contribution in [0.5, 0.6) is 0 Å². The Morgan fingerprint density at radius 3 is 2.83 bits per heavy atom. The summed E-state index contributed by atoms with van der Waals surface area (Å²) in [5.74, 6) is 0. The smallest absolute Gasteiger partial charge is 0.0593 e. The average Bonchev–Trinajstić information content (AvgIpc) is 2.94. The molecule has 24 heavy (non-hydrogen) atoms. The van der Waals surface area contributed by atoms with E-state index in [-0.39, 0.29) is 0 Å². The van der Waals surface area contributed by atoms with Gasteiger partial charge in [-0.3, -0.25) is 14.8 Å². The molecule has 0 aromatic carbocycles. The van der Waals surface area contributed by atoms with Crippen molar-refractivity contribution in [2.24, 2.45) is 5.41 Å². The topological polar surface area (TPSA) is 37.8 Å². The first-order valence-electron chi connectivity index (χ1n) is 9.35. The zero-order chi connectivity index (χ0) is 16.2. The van der Waals surface area contributed by atoms with Gasteiger partial charge in [0.25, 0.3) is 0 Å². The van der Waals surface area contributed by atoms with E-state index in [0.29, 0.717) is 11.5 Å². The third-order valence-corrected chi connectivity index (χ3v) is 5.81. The number of aromatic nitrogens is 1.